The number of rotatable bonds is 6. The molecular formula is C30H29ClN4O2. The Morgan fingerprint density at radius 2 is 1.70 bits per heavy atom. The Morgan fingerprint density at radius 3 is 2.35 bits per heavy atom. The van der Waals surface area contributed by atoms with Crippen LogP contribution in [-0.4, -0.2) is 38.2 Å². The molecule has 0 bridgehead atoms. The van der Waals surface area contributed by atoms with Crippen LogP contribution in [0.4, 0.5) is 0 Å². The van der Waals surface area contributed by atoms with E-state index in [1.165, 1.54) is 0 Å². The molecule has 188 valence electrons. The number of aromatic nitrogens is 3. The number of benzene rings is 3. The fourth-order valence-electron chi connectivity index (χ4n) is 4.97. The van der Waals surface area contributed by atoms with E-state index in [1.807, 2.05) is 86.4 Å². The van der Waals surface area contributed by atoms with Crippen molar-refractivity contribution in [3.8, 4) is 11.1 Å². The molecular weight excluding hydrogens is 484 g/mol. The first kappa shape index (κ1) is 25.0. The van der Waals surface area contributed by atoms with E-state index in [-0.39, 0.29) is 5.56 Å². The van der Waals surface area contributed by atoms with Crippen molar-refractivity contribution in [2.75, 3.05) is 14.1 Å². The van der Waals surface area contributed by atoms with Crippen molar-refractivity contribution >= 4 is 22.5 Å². The van der Waals surface area contributed by atoms with Gasteiger partial charge in [0.1, 0.15) is 0 Å². The van der Waals surface area contributed by atoms with E-state index in [4.69, 9.17) is 11.6 Å². The van der Waals surface area contributed by atoms with E-state index in [0.29, 0.717) is 16.3 Å². The molecule has 0 saturated heterocycles. The minimum atomic E-state index is -1.48. The summed E-state index contributed by atoms with van der Waals surface area (Å²) in [5, 5.41) is 13.9. The average Bonchev–Trinajstić information content (AvgIpc) is 3.32. The van der Waals surface area contributed by atoms with Gasteiger partial charge in [0.05, 0.1) is 23.7 Å². The Morgan fingerprint density at radius 1 is 0.973 bits per heavy atom. The molecule has 37 heavy (non-hydrogen) atoms. The van der Waals surface area contributed by atoms with Crippen LogP contribution in [0, 0.1) is 0 Å². The van der Waals surface area contributed by atoms with Crippen LogP contribution in [-0.2, 0) is 26.2 Å². The Kier molecular flexibility index (Phi) is 6.50. The molecule has 0 spiro atoms. The van der Waals surface area contributed by atoms with Crippen molar-refractivity contribution in [3.05, 3.63) is 123 Å². The lowest BCUT2D eigenvalue weighted by atomic mass is 9.82. The first-order valence-corrected chi connectivity index (χ1v) is 12.4. The van der Waals surface area contributed by atoms with E-state index >= 15 is 0 Å². The number of aliphatic hydroxyl groups is 1. The highest BCUT2D eigenvalue weighted by Gasteiger charge is 2.37. The number of pyridine rings is 1. The minimum Gasteiger partial charge on any atom is -0.374 e. The van der Waals surface area contributed by atoms with Gasteiger partial charge >= 0.3 is 0 Å². The van der Waals surface area contributed by atoms with Gasteiger partial charge in [-0.25, -0.2) is 4.98 Å². The molecule has 2 aromatic heterocycles. The molecule has 5 aromatic rings. The van der Waals surface area contributed by atoms with E-state index in [2.05, 4.69) is 9.88 Å². The number of aryl methyl sites for hydroxylation is 2. The largest absolute Gasteiger partial charge is 0.374 e. The highest BCUT2D eigenvalue weighted by Crippen LogP contribution is 2.39. The SMILES string of the molecule is CN(C)Cc1ccc(C(O)(c2ccc3c(c2)c(-c2cccc(Cl)c2)cc(=O)n3C)c2cncn2C)cc1. The summed E-state index contributed by atoms with van der Waals surface area (Å²) >= 11 is 6.29. The topological polar surface area (TPSA) is 63.3 Å². The van der Waals surface area contributed by atoms with Crippen LogP contribution < -0.4 is 5.56 Å². The zero-order valence-electron chi connectivity index (χ0n) is 21.3. The number of halogens is 1. The molecule has 0 fully saturated rings. The van der Waals surface area contributed by atoms with Crippen LogP contribution in [0.5, 0.6) is 0 Å². The average molecular weight is 513 g/mol. The second-order valence-electron chi connectivity index (χ2n) is 9.73. The maximum absolute atomic E-state index is 12.8. The minimum absolute atomic E-state index is 0.117. The molecule has 1 N–H and O–H groups in total. The summed E-state index contributed by atoms with van der Waals surface area (Å²) in [6, 6.07) is 22.8. The monoisotopic (exact) mass is 512 g/mol. The van der Waals surface area contributed by atoms with Crippen LogP contribution in [0.2, 0.25) is 5.02 Å². The molecule has 0 aliphatic carbocycles. The normalized spacial score (nSPS) is 13.3. The van der Waals surface area contributed by atoms with E-state index < -0.39 is 5.60 Å². The summed E-state index contributed by atoms with van der Waals surface area (Å²) in [6.07, 6.45) is 3.37. The predicted molar refractivity (Wildman–Crippen MR) is 149 cm³/mol. The third-order valence-electron chi connectivity index (χ3n) is 6.86. The second-order valence-corrected chi connectivity index (χ2v) is 10.2. The summed E-state index contributed by atoms with van der Waals surface area (Å²) in [4.78, 5) is 19.2. The van der Waals surface area contributed by atoms with Crippen molar-refractivity contribution in [3.63, 3.8) is 0 Å². The van der Waals surface area contributed by atoms with Gasteiger partial charge in [0.25, 0.3) is 5.56 Å². The molecule has 2 heterocycles. The Hall–Kier alpha value is -3.71. The molecule has 1 unspecified atom stereocenters. The van der Waals surface area contributed by atoms with Crippen molar-refractivity contribution in [2.45, 2.75) is 12.1 Å². The summed E-state index contributed by atoms with van der Waals surface area (Å²) < 4.78 is 3.45. The standard InChI is InChI=1S/C30H29ClN4O2/c1-33(2)18-20-8-10-22(11-9-20)30(37,28-17-32-19-34(28)3)23-12-13-27-26(15-23)25(16-29(36)35(27)4)21-6-5-7-24(31)14-21/h5-17,19,37H,18H2,1-4H3. The molecule has 0 aliphatic heterocycles. The van der Waals surface area contributed by atoms with Gasteiger partial charge in [-0.05, 0) is 66.2 Å². The molecule has 0 radical (unpaired) electrons. The highest BCUT2D eigenvalue weighted by molar-refractivity contribution is 6.30. The molecule has 7 heteroatoms. The van der Waals surface area contributed by atoms with Crippen molar-refractivity contribution in [1.82, 2.24) is 19.0 Å². The zero-order valence-corrected chi connectivity index (χ0v) is 22.1. The van der Waals surface area contributed by atoms with Crippen LogP contribution in [0.15, 0.2) is 90.1 Å². The van der Waals surface area contributed by atoms with Crippen molar-refractivity contribution < 1.29 is 5.11 Å². The highest BCUT2D eigenvalue weighted by atomic mass is 35.5. The van der Waals surface area contributed by atoms with Crippen LogP contribution >= 0.6 is 11.6 Å². The molecule has 5 rings (SSSR count). The third-order valence-corrected chi connectivity index (χ3v) is 7.09. The van der Waals surface area contributed by atoms with E-state index in [0.717, 1.165) is 39.7 Å². The molecule has 1 atom stereocenters. The van der Waals surface area contributed by atoms with Crippen LogP contribution in [0.25, 0.3) is 22.0 Å². The summed E-state index contributed by atoms with van der Waals surface area (Å²) in [5.74, 6) is 0. The summed E-state index contributed by atoms with van der Waals surface area (Å²) in [6.45, 7) is 0.803. The van der Waals surface area contributed by atoms with Crippen LogP contribution in [0.1, 0.15) is 22.4 Å². The summed E-state index contributed by atoms with van der Waals surface area (Å²) in [7, 11) is 7.68. The Labute approximate surface area is 221 Å². The second kappa shape index (κ2) is 9.63. The van der Waals surface area contributed by atoms with Gasteiger partial charge in [0, 0.05) is 37.1 Å². The smallest absolute Gasteiger partial charge is 0.251 e. The van der Waals surface area contributed by atoms with Gasteiger partial charge in [-0.2, -0.15) is 0 Å². The fourth-order valence-corrected chi connectivity index (χ4v) is 5.16. The number of imidazole rings is 1. The molecule has 6 nitrogen and oxygen atoms in total. The quantitative estimate of drug-likeness (QED) is 0.350. The van der Waals surface area contributed by atoms with Gasteiger partial charge < -0.3 is 19.1 Å². The lowest BCUT2D eigenvalue weighted by molar-refractivity contribution is 0.117. The molecule has 0 aliphatic rings. The molecule has 0 saturated carbocycles. The number of hydrogen-bond acceptors (Lipinski definition) is 4. The first-order valence-electron chi connectivity index (χ1n) is 12.0. The zero-order chi connectivity index (χ0) is 26.3. The fraction of sp³-hybridized carbons (Fsp3) is 0.200. The molecule has 3 aromatic carbocycles. The third kappa shape index (κ3) is 4.48. The lowest BCUT2D eigenvalue weighted by Crippen LogP contribution is -2.31. The number of hydrogen-bond donors (Lipinski definition) is 1. The number of fused-ring (bicyclic) bond motifs is 1. The van der Waals surface area contributed by atoms with Crippen molar-refractivity contribution in [1.29, 1.82) is 0 Å². The first-order chi connectivity index (χ1) is 17.7. The lowest BCUT2D eigenvalue weighted by Gasteiger charge is -2.30. The predicted octanol–water partition coefficient (Wildman–Crippen LogP) is 4.94. The van der Waals surface area contributed by atoms with E-state index in [1.54, 1.807) is 36.3 Å². The van der Waals surface area contributed by atoms with Gasteiger partial charge in [-0.1, -0.05) is 54.1 Å². The Balaban J connectivity index is 1.77. The van der Waals surface area contributed by atoms with Crippen molar-refractivity contribution in [2.24, 2.45) is 14.1 Å². The van der Waals surface area contributed by atoms with Gasteiger partial charge in [-0.3, -0.25) is 4.79 Å². The van der Waals surface area contributed by atoms with Gasteiger partial charge in [0.2, 0.25) is 0 Å². The van der Waals surface area contributed by atoms with E-state index in [9.17, 15) is 9.90 Å². The van der Waals surface area contributed by atoms with Gasteiger partial charge in [-0.15, -0.1) is 0 Å². The van der Waals surface area contributed by atoms with Gasteiger partial charge in [0.15, 0.2) is 5.60 Å². The Bertz CT molecular complexity index is 1650. The number of nitrogens with zero attached hydrogens (tertiary/aromatic N) is 4. The maximum Gasteiger partial charge on any atom is 0.251 e. The van der Waals surface area contributed by atoms with Crippen LogP contribution in [0.3, 0.4) is 0 Å². The summed E-state index contributed by atoms with van der Waals surface area (Å²) in [5.41, 5.74) is 3.96. The molecule has 0 amide bonds. The maximum atomic E-state index is 12.8.